The molecule has 26 heavy (non-hydrogen) atoms. The highest BCUT2D eigenvalue weighted by molar-refractivity contribution is 7.22. The number of anilines is 1. The van der Waals surface area contributed by atoms with Crippen LogP contribution in [0.15, 0.2) is 48.5 Å². The number of hydrogen-bond acceptors (Lipinski definition) is 5. The highest BCUT2D eigenvalue weighted by Crippen LogP contribution is 2.28. The van der Waals surface area contributed by atoms with Gasteiger partial charge in [-0.25, -0.2) is 4.98 Å². The van der Waals surface area contributed by atoms with E-state index in [1.165, 1.54) is 11.3 Å². The topological polar surface area (TPSA) is 59.5 Å². The Morgan fingerprint density at radius 1 is 1.12 bits per heavy atom. The van der Waals surface area contributed by atoms with Crippen molar-refractivity contribution in [2.75, 3.05) is 18.1 Å². The molecule has 0 fully saturated rings. The number of hydrogen-bond donors (Lipinski definition) is 0. The summed E-state index contributed by atoms with van der Waals surface area (Å²) in [6.07, 6.45) is 0.154. The van der Waals surface area contributed by atoms with E-state index in [1.807, 2.05) is 62.4 Å². The lowest BCUT2D eigenvalue weighted by molar-refractivity contribution is -0.147. The molecule has 5 nitrogen and oxygen atoms in total. The number of para-hydroxylation sites is 1. The SMILES string of the molecule is CCN(C(=O)COC(=O)Cc1ccc(C)cc1)c1nc2ccccc2s1. The summed E-state index contributed by atoms with van der Waals surface area (Å²) in [5.41, 5.74) is 2.86. The number of amides is 1. The molecule has 0 atom stereocenters. The predicted molar refractivity (Wildman–Crippen MR) is 103 cm³/mol. The van der Waals surface area contributed by atoms with Crippen LogP contribution in [0.4, 0.5) is 5.13 Å². The van der Waals surface area contributed by atoms with Gasteiger partial charge in [0.05, 0.1) is 16.6 Å². The van der Waals surface area contributed by atoms with Gasteiger partial charge in [-0.15, -0.1) is 0 Å². The van der Waals surface area contributed by atoms with E-state index in [1.54, 1.807) is 4.90 Å². The molecule has 134 valence electrons. The Bertz CT molecular complexity index is 885. The van der Waals surface area contributed by atoms with Gasteiger partial charge in [-0.1, -0.05) is 53.3 Å². The van der Waals surface area contributed by atoms with Crippen LogP contribution in [-0.2, 0) is 20.7 Å². The third-order valence-corrected chi connectivity index (χ3v) is 5.02. The second-order valence-corrected chi connectivity index (χ2v) is 6.93. The molecule has 0 aliphatic rings. The second kappa shape index (κ2) is 8.10. The Hall–Kier alpha value is -2.73. The van der Waals surface area contributed by atoms with Crippen molar-refractivity contribution in [2.45, 2.75) is 20.3 Å². The van der Waals surface area contributed by atoms with Gasteiger partial charge in [0.15, 0.2) is 11.7 Å². The van der Waals surface area contributed by atoms with Crippen LogP contribution in [0, 0.1) is 6.92 Å². The van der Waals surface area contributed by atoms with Crippen LogP contribution in [0.25, 0.3) is 10.2 Å². The first-order valence-electron chi connectivity index (χ1n) is 8.44. The van der Waals surface area contributed by atoms with E-state index >= 15 is 0 Å². The number of benzene rings is 2. The zero-order chi connectivity index (χ0) is 18.5. The molecule has 6 heteroatoms. The predicted octanol–water partition coefficient (Wildman–Crippen LogP) is 3.74. The molecule has 0 N–H and O–H groups in total. The minimum Gasteiger partial charge on any atom is -0.455 e. The molecule has 0 unspecified atom stereocenters. The van der Waals surface area contributed by atoms with Crippen molar-refractivity contribution >= 4 is 38.6 Å². The molecular weight excluding hydrogens is 348 g/mol. The number of aromatic nitrogens is 1. The average Bonchev–Trinajstić information content (AvgIpc) is 3.06. The third kappa shape index (κ3) is 4.26. The van der Waals surface area contributed by atoms with Gasteiger partial charge in [-0.05, 0) is 31.5 Å². The molecule has 0 radical (unpaired) electrons. The molecule has 3 aromatic rings. The summed E-state index contributed by atoms with van der Waals surface area (Å²) in [4.78, 5) is 30.5. The highest BCUT2D eigenvalue weighted by Gasteiger charge is 2.19. The van der Waals surface area contributed by atoms with Gasteiger partial charge in [0.1, 0.15) is 0 Å². The molecule has 1 aromatic heterocycles. The third-order valence-electron chi connectivity index (χ3n) is 3.96. The minimum absolute atomic E-state index is 0.154. The first-order chi connectivity index (χ1) is 12.6. The molecule has 0 saturated heterocycles. The van der Waals surface area contributed by atoms with Crippen molar-refractivity contribution in [1.29, 1.82) is 0 Å². The maximum Gasteiger partial charge on any atom is 0.310 e. The smallest absolute Gasteiger partial charge is 0.310 e. The first-order valence-corrected chi connectivity index (χ1v) is 9.25. The Labute approximate surface area is 156 Å². The molecule has 2 aromatic carbocycles. The molecule has 0 aliphatic carbocycles. The average molecular weight is 368 g/mol. The highest BCUT2D eigenvalue weighted by atomic mass is 32.1. The van der Waals surface area contributed by atoms with Crippen LogP contribution >= 0.6 is 11.3 Å². The van der Waals surface area contributed by atoms with Crippen molar-refractivity contribution in [3.63, 3.8) is 0 Å². The van der Waals surface area contributed by atoms with Crippen molar-refractivity contribution in [1.82, 2.24) is 4.98 Å². The van der Waals surface area contributed by atoms with Crippen LogP contribution in [0.3, 0.4) is 0 Å². The normalized spacial score (nSPS) is 10.7. The quantitative estimate of drug-likeness (QED) is 0.622. The number of esters is 1. The number of aryl methyl sites for hydroxylation is 1. The van der Waals surface area contributed by atoms with Crippen LogP contribution in [0.1, 0.15) is 18.1 Å². The number of ether oxygens (including phenoxy) is 1. The summed E-state index contributed by atoms with van der Waals surface area (Å²) in [5, 5.41) is 0.619. The van der Waals surface area contributed by atoms with Gasteiger partial charge in [-0.3, -0.25) is 14.5 Å². The Kier molecular flexibility index (Phi) is 5.63. The van der Waals surface area contributed by atoms with E-state index in [0.29, 0.717) is 11.7 Å². The molecule has 0 spiro atoms. The van der Waals surface area contributed by atoms with Crippen molar-refractivity contribution in [3.8, 4) is 0 Å². The fraction of sp³-hybridized carbons (Fsp3) is 0.250. The van der Waals surface area contributed by atoms with E-state index in [9.17, 15) is 9.59 Å². The molecule has 0 bridgehead atoms. The Morgan fingerprint density at radius 2 is 1.85 bits per heavy atom. The fourth-order valence-corrected chi connectivity index (χ4v) is 3.58. The molecule has 3 rings (SSSR count). The molecular formula is C20H20N2O3S. The summed E-state index contributed by atoms with van der Waals surface area (Å²) >= 11 is 1.45. The molecule has 0 aliphatic heterocycles. The van der Waals surface area contributed by atoms with Crippen LogP contribution in [0.5, 0.6) is 0 Å². The lowest BCUT2D eigenvalue weighted by Crippen LogP contribution is -2.34. The van der Waals surface area contributed by atoms with Crippen molar-refractivity contribution in [2.24, 2.45) is 0 Å². The van der Waals surface area contributed by atoms with Crippen LogP contribution in [-0.4, -0.2) is 30.0 Å². The zero-order valence-corrected chi connectivity index (χ0v) is 15.6. The van der Waals surface area contributed by atoms with Gasteiger partial charge in [0.25, 0.3) is 5.91 Å². The fourth-order valence-electron chi connectivity index (χ4n) is 2.54. The van der Waals surface area contributed by atoms with Gasteiger partial charge >= 0.3 is 5.97 Å². The second-order valence-electron chi connectivity index (χ2n) is 5.93. The maximum atomic E-state index is 12.5. The van der Waals surface area contributed by atoms with Crippen LogP contribution in [0.2, 0.25) is 0 Å². The van der Waals surface area contributed by atoms with Crippen LogP contribution < -0.4 is 4.90 Å². The number of rotatable bonds is 6. The number of thiazole rings is 1. The molecule has 1 amide bonds. The van der Waals surface area contributed by atoms with E-state index in [4.69, 9.17) is 4.74 Å². The van der Waals surface area contributed by atoms with Gasteiger partial charge in [-0.2, -0.15) is 0 Å². The monoisotopic (exact) mass is 368 g/mol. The number of nitrogens with zero attached hydrogens (tertiary/aromatic N) is 2. The Balaban J connectivity index is 1.60. The van der Waals surface area contributed by atoms with E-state index in [0.717, 1.165) is 21.3 Å². The summed E-state index contributed by atoms with van der Waals surface area (Å²) in [6.45, 7) is 4.04. The largest absolute Gasteiger partial charge is 0.455 e. The summed E-state index contributed by atoms with van der Waals surface area (Å²) in [6, 6.07) is 15.4. The number of carbonyl (C=O) groups is 2. The zero-order valence-electron chi connectivity index (χ0n) is 14.8. The first kappa shape index (κ1) is 18.1. The van der Waals surface area contributed by atoms with Gasteiger partial charge < -0.3 is 4.74 Å². The van der Waals surface area contributed by atoms with Gasteiger partial charge in [0.2, 0.25) is 0 Å². The molecule has 0 saturated carbocycles. The van der Waals surface area contributed by atoms with E-state index in [2.05, 4.69) is 4.98 Å². The number of likely N-dealkylation sites (N-methyl/N-ethyl adjacent to an activating group) is 1. The van der Waals surface area contributed by atoms with E-state index < -0.39 is 5.97 Å². The summed E-state index contributed by atoms with van der Waals surface area (Å²) in [7, 11) is 0. The Morgan fingerprint density at radius 3 is 2.54 bits per heavy atom. The lowest BCUT2D eigenvalue weighted by Gasteiger charge is -2.17. The van der Waals surface area contributed by atoms with Crippen molar-refractivity contribution in [3.05, 3.63) is 59.7 Å². The standard InChI is InChI=1S/C20H20N2O3S/c1-3-22(20-21-16-6-4-5-7-17(16)26-20)18(23)13-25-19(24)12-15-10-8-14(2)9-11-15/h4-11H,3,12-13H2,1-2H3. The maximum absolute atomic E-state index is 12.5. The summed E-state index contributed by atoms with van der Waals surface area (Å²) < 4.78 is 6.18. The lowest BCUT2D eigenvalue weighted by atomic mass is 10.1. The summed E-state index contributed by atoms with van der Waals surface area (Å²) in [5.74, 6) is -0.689. The number of fused-ring (bicyclic) bond motifs is 1. The molecule has 1 heterocycles. The van der Waals surface area contributed by atoms with Gasteiger partial charge in [0, 0.05) is 6.54 Å². The van der Waals surface area contributed by atoms with Crippen molar-refractivity contribution < 1.29 is 14.3 Å². The minimum atomic E-state index is -0.414. The van der Waals surface area contributed by atoms with E-state index in [-0.39, 0.29) is 18.9 Å². The number of carbonyl (C=O) groups excluding carboxylic acids is 2.